The molecule has 5 nitrogen and oxygen atoms in total. The molecule has 1 aliphatic carbocycles. The highest BCUT2D eigenvalue weighted by Gasteiger charge is 2.21. The van der Waals surface area contributed by atoms with Gasteiger partial charge in [0, 0.05) is 6.54 Å². The SMILES string of the molecule is N/C(CC(=O)NCC1CC1)=N\O. The summed E-state index contributed by atoms with van der Waals surface area (Å²) < 4.78 is 0. The number of hydrogen-bond donors (Lipinski definition) is 3. The lowest BCUT2D eigenvalue weighted by molar-refractivity contribution is -0.120. The fourth-order valence-electron chi connectivity index (χ4n) is 0.843. The fourth-order valence-corrected chi connectivity index (χ4v) is 0.843. The molecular formula is C7H13N3O2. The van der Waals surface area contributed by atoms with Crippen molar-refractivity contribution in [2.45, 2.75) is 19.3 Å². The third kappa shape index (κ3) is 3.23. The molecule has 12 heavy (non-hydrogen) atoms. The number of amidine groups is 1. The predicted octanol–water partition coefficient (Wildman–Crippen LogP) is -0.351. The van der Waals surface area contributed by atoms with Crippen LogP contribution in [0.3, 0.4) is 0 Å². The van der Waals surface area contributed by atoms with Crippen molar-refractivity contribution in [2.75, 3.05) is 6.54 Å². The van der Waals surface area contributed by atoms with Crippen LogP contribution >= 0.6 is 0 Å². The van der Waals surface area contributed by atoms with Crippen LogP contribution in [0.2, 0.25) is 0 Å². The summed E-state index contributed by atoms with van der Waals surface area (Å²) in [4.78, 5) is 11.0. The fraction of sp³-hybridized carbons (Fsp3) is 0.714. The lowest BCUT2D eigenvalue weighted by Crippen LogP contribution is -2.30. The van der Waals surface area contributed by atoms with Crippen molar-refractivity contribution in [3.05, 3.63) is 0 Å². The number of hydrogen-bond acceptors (Lipinski definition) is 3. The van der Waals surface area contributed by atoms with Crippen molar-refractivity contribution in [3.8, 4) is 0 Å². The molecule has 68 valence electrons. The van der Waals surface area contributed by atoms with Gasteiger partial charge in [-0.2, -0.15) is 0 Å². The van der Waals surface area contributed by atoms with Gasteiger partial charge in [0.25, 0.3) is 0 Å². The number of rotatable bonds is 4. The van der Waals surface area contributed by atoms with Gasteiger partial charge in [-0.1, -0.05) is 5.16 Å². The first-order valence-corrected chi connectivity index (χ1v) is 3.95. The number of nitrogens with zero attached hydrogens (tertiary/aromatic N) is 1. The Morgan fingerprint density at radius 1 is 1.67 bits per heavy atom. The summed E-state index contributed by atoms with van der Waals surface area (Å²) in [5.41, 5.74) is 5.14. The van der Waals surface area contributed by atoms with Gasteiger partial charge in [0.05, 0.1) is 6.42 Å². The summed E-state index contributed by atoms with van der Waals surface area (Å²) in [6.45, 7) is 0.720. The van der Waals surface area contributed by atoms with Gasteiger partial charge < -0.3 is 16.3 Å². The maximum absolute atomic E-state index is 11.0. The molecule has 1 rings (SSSR count). The van der Waals surface area contributed by atoms with E-state index in [1.54, 1.807) is 0 Å². The second-order valence-corrected chi connectivity index (χ2v) is 3.02. The van der Waals surface area contributed by atoms with Crippen LogP contribution < -0.4 is 11.1 Å². The molecular weight excluding hydrogens is 158 g/mol. The molecule has 4 N–H and O–H groups in total. The Morgan fingerprint density at radius 3 is 2.83 bits per heavy atom. The van der Waals surface area contributed by atoms with Gasteiger partial charge in [0.15, 0.2) is 0 Å². The molecule has 5 heteroatoms. The van der Waals surface area contributed by atoms with Gasteiger partial charge in [0.2, 0.25) is 5.91 Å². The normalized spacial score (nSPS) is 17.5. The van der Waals surface area contributed by atoms with Gasteiger partial charge in [-0.25, -0.2) is 0 Å². The van der Waals surface area contributed by atoms with E-state index in [-0.39, 0.29) is 18.2 Å². The highest BCUT2D eigenvalue weighted by atomic mass is 16.4. The van der Waals surface area contributed by atoms with E-state index in [0.29, 0.717) is 5.92 Å². The van der Waals surface area contributed by atoms with Crippen LogP contribution in [0.1, 0.15) is 19.3 Å². The van der Waals surface area contributed by atoms with Crippen LogP contribution in [0.25, 0.3) is 0 Å². The van der Waals surface area contributed by atoms with Gasteiger partial charge >= 0.3 is 0 Å². The maximum Gasteiger partial charge on any atom is 0.227 e. The average Bonchev–Trinajstić information content (AvgIpc) is 2.83. The highest BCUT2D eigenvalue weighted by Crippen LogP contribution is 2.27. The van der Waals surface area contributed by atoms with Crippen LogP contribution in [0.5, 0.6) is 0 Å². The third-order valence-corrected chi connectivity index (χ3v) is 1.75. The first-order valence-electron chi connectivity index (χ1n) is 3.95. The minimum atomic E-state index is -0.183. The number of oxime groups is 1. The van der Waals surface area contributed by atoms with Gasteiger partial charge in [0.1, 0.15) is 5.84 Å². The van der Waals surface area contributed by atoms with Crippen LogP contribution in [0, 0.1) is 5.92 Å². The number of nitrogens with two attached hydrogens (primary N) is 1. The van der Waals surface area contributed by atoms with E-state index in [0.717, 1.165) is 6.54 Å². The molecule has 0 unspecified atom stereocenters. The number of nitrogens with one attached hydrogen (secondary N) is 1. The van der Waals surface area contributed by atoms with Crippen LogP contribution in [0.15, 0.2) is 5.16 Å². The maximum atomic E-state index is 11.0. The summed E-state index contributed by atoms with van der Waals surface area (Å²) in [5.74, 6) is 0.418. The molecule has 0 saturated heterocycles. The van der Waals surface area contributed by atoms with E-state index in [4.69, 9.17) is 10.9 Å². The molecule has 0 aromatic rings. The molecule has 1 aliphatic rings. The highest BCUT2D eigenvalue weighted by molar-refractivity contribution is 5.98. The van der Waals surface area contributed by atoms with Crippen molar-refractivity contribution in [2.24, 2.45) is 16.8 Å². The second-order valence-electron chi connectivity index (χ2n) is 3.02. The summed E-state index contributed by atoms with van der Waals surface area (Å²) in [6.07, 6.45) is 2.37. The Morgan fingerprint density at radius 2 is 2.33 bits per heavy atom. The van der Waals surface area contributed by atoms with Gasteiger partial charge in [-0.15, -0.1) is 0 Å². The van der Waals surface area contributed by atoms with Crippen molar-refractivity contribution >= 4 is 11.7 Å². The molecule has 0 heterocycles. The molecule has 0 aromatic heterocycles. The van der Waals surface area contributed by atoms with Crippen molar-refractivity contribution in [1.29, 1.82) is 0 Å². The average molecular weight is 171 g/mol. The first-order chi connectivity index (χ1) is 5.72. The Balaban J connectivity index is 2.10. The predicted molar refractivity (Wildman–Crippen MR) is 43.8 cm³/mol. The summed E-state index contributed by atoms with van der Waals surface area (Å²) in [6, 6.07) is 0. The quantitative estimate of drug-likeness (QED) is 0.234. The van der Waals surface area contributed by atoms with Crippen LogP contribution in [0.4, 0.5) is 0 Å². The number of amides is 1. The minimum absolute atomic E-state index is 0.0246. The summed E-state index contributed by atoms with van der Waals surface area (Å²) in [5, 5.41) is 13.6. The van der Waals surface area contributed by atoms with Gasteiger partial charge in [-0.05, 0) is 18.8 Å². The molecule has 1 saturated carbocycles. The van der Waals surface area contributed by atoms with Crippen molar-refractivity contribution < 1.29 is 10.0 Å². The monoisotopic (exact) mass is 171 g/mol. The second kappa shape index (κ2) is 3.94. The molecule has 0 bridgehead atoms. The molecule has 1 fully saturated rings. The Hall–Kier alpha value is -1.26. The van der Waals surface area contributed by atoms with Crippen molar-refractivity contribution in [1.82, 2.24) is 5.32 Å². The molecule has 0 aromatic carbocycles. The first kappa shape index (κ1) is 8.83. The largest absolute Gasteiger partial charge is 0.409 e. The van der Waals surface area contributed by atoms with Gasteiger partial charge in [-0.3, -0.25) is 4.79 Å². The topological polar surface area (TPSA) is 87.7 Å². The van der Waals surface area contributed by atoms with E-state index in [1.807, 2.05) is 0 Å². The zero-order valence-corrected chi connectivity index (χ0v) is 6.79. The zero-order valence-electron chi connectivity index (χ0n) is 6.79. The molecule has 0 atom stereocenters. The summed E-state index contributed by atoms with van der Waals surface area (Å²) in [7, 11) is 0. The Kier molecular flexibility index (Phi) is 2.90. The Bertz CT molecular complexity index is 199. The van der Waals surface area contributed by atoms with Crippen LogP contribution in [-0.4, -0.2) is 23.5 Å². The Labute approximate surface area is 70.6 Å². The van der Waals surface area contributed by atoms with Crippen LogP contribution in [-0.2, 0) is 4.79 Å². The van der Waals surface area contributed by atoms with E-state index in [1.165, 1.54) is 12.8 Å². The third-order valence-electron chi connectivity index (χ3n) is 1.75. The lowest BCUT2D eigenvalue weighted by atomic mass is 10.3. The van der Waals surface area contributed by atoms with E-state index in [2.05, 4.69) is 10.5 Å². The molecule has 0 radical (unpaired) electrons. The van der Waals surface area contributed by atoms with E-state index < -0.39 is 0 Å². The minimum Gasteiger partial charge on any atom is -0.409 e. The number of carbonyl (C=O) groups is 1. The zero-order chi connectivity index (χ0) is 8.97. The lowest BCUT2D eigenvalue weighted by Gasteiger charge is -2.01. The molecule has 0 aliphatic heterocycles. The number of carbonyl (C=O) groups excluding carboxylic acids is 1. The smallest absolute Gasteiger partial charge is 0.227 e. The van der Waals surface area contributed by atoms with E-state index in [9.17, 15) is 4.79 Å². The summed E-state index contributed by atoms with van der Waals surface area (Å²) >= 11 is 0. The molecule has 0 spiro atoms. The molecule has 1 amide bonds. The van der Waals surface area contributed by atoms with Crippen molar-refractivity contribution in [3.63, 3.8) is 0 Å². The standard InChI is InChI=1S/C7H13N3O2/c8-6(10-12)3-7(11)9-4-5-1-2-5/h5,12H,1-4H2,(H2,8,10)(H,9,11). The van der Waals surface area contributed by atoms with E-state index >= 15 is 0 Å².